The molecule has 1 saturated heterocycles. The van der Waals surface area contributed by atoms with Crippen LogP contribution in [-0.2, 0) is 16.6 Å². The summed E-state index contributed by atoms with van der Waals surface area (Å²) in [6.07, 6.45) is 5.77. The Morgan fingerprint density at radius 1 is 1.11 bits per heavy atom. The van der Waals surface area contributed by atoms with Crippen molar-refractivity contribution in [3.05, 3.63) is 59.9 Å². The third kappa shape index (κ3) is 3.79. The number of aromatic nitrogens is 2. The number of hydrogen-bond acceptors (Lipinski definition) is 5. The Balaban J connectivity index is 1.57. The topological polar surface area (TPSA) is 75.2 Å². The van der Waals surface area contributed by atoms with Crippen LogP contribution >= 0.6 is 0 Å². The Morgan fingerprint density at radius 3 is 2.74 bits per heavy atom. The molecule has 3 aromatic rings. The van der Waals surface area contributed by atoms with Gasteiger partial charge in [-0.25, -0.2) is 18.1 Å². The number of rotatable bonds is 5. The number of nitrogens with one attached hydrogen (secondary N) is 1. The normalized spacial score (nSPS) is 14.8. The van der Waals surface area contributed by atoms with Crippen molar-refractivity contribution in [1.82, 2.24) is 14.7 Å². The predicted molar refractivity (Wildman–Crippen MR) is 106 cm³/mol. The average Bonchev–Trinajstić information content (AvgIpc) is 3.21. The lowest BCUT2D eigenvalue weighted by atomic mass is 10.2. The SMILES string of the molecule is Cc1cnc2c(S(=O)(=O)NCc3ccnc(N4CCCC4)c3)cccc2c1. The van der Waals surface area contributed by atoms with E-state index >= 15 is 0 Å². The summed E-state index contributed by atoms with van der Waals surface area (Å²) in [6.45, 7) is 4.16. The molecule has 7 heteroatoms. The number of aryl methyl sites for hydroxylation is 1. The molecule has 0 amide bonds. The van der Waals surface area contributed by atoms with Gasteiger partial charge in [0.25, 0.3) is 0 Å². The maximum absolute atomic E-state index is 12.9. The van der Waals surface area contributed by atoms with Gasteiger partial charge >= 0.3 is 0 Å². The Bertz CT molecular complexity index is 1080. The highest BCUT2D eigenvalue weighted by molar-refractivity contribution is 7.89. The summed E-state index contributed by atoms with van der Waals surface area (Å²) in [6, 6.07) is 10.9. The van der Waals surface area contributed by atoms with Gasteiger partial charge in [0.05, 0.1) is 5.52 Å². The molecule has 27 heavy (non-hydrogen) atoms. The van der Waals surface area contributed by atoms with Gasteiger partial charge in [-0.15, -0.1) is 0 Å². The number of hydrogen-bond donors (Lipinski definition) is 1. The second-order valence-corrected chi connectivity index (χ2v) is 8.62. The summed E-state index contributed by atoms with van der Waals surface area (Å²) >= 11 is 0. The first-order valence-corrected chi connectivity index (χ1v) is 10.6. The quantitative estimate of drug-likeness (QED) is 0.734. The van der Waals surface area contributed by atoms with Gasteiger partial charge in [-0.05, 0) is 55.2 Å². The van der Waals surface area contributed by atoms with Crippen molar-refractivity contribution in [2.24, 2.45) is 0 Å². The largest absolute Gasteiger partial charge is 0.357 e. The van der Waals surface area contributed by atoms with Gasteiger partial charge in [0, 0.05) is 37.4 Å². The van der Waals surface area contributed by atoms with E-state index in [9.17, 15) is 8.42 Å². The number of pyridine rings is 2. The molecule has 140 valence electrons. The van der Waals surface area contributed by atoms with Crippen molar-refractivity contribution in [3.63, 3.8) is 0 Å². The molecular formula is C20H22N4O2S. The van der Waals surface area contributed by atoms with E-state index in [2.05, 4.69) is 19.6 Å². The van der Waals surface area contributed by atoms with Crippen molar-refractivity contribution in [3.8, 4) is 0 Å². The van der Waals surface area contributed by atoms with Gasteiger partial charge < -0.3 is 4.90 Å². The van der Waals surface area contributed by atoms with E-state index in [4.69, 9.17) is 0 Å². The molecule has 1 N–H and O–H groups in total. The molecule has 0 atom stereocenters. The molecule has 0 saturated carbocycles. The molecule has 4 rings (SSSR count). The van der Waals surface area contributed by atoms with Crippen molar-refractivity contribution in [2.45, 2.75) is 31.2 Å². The zero-order valence-corrected chi connectivity index (χ0v) is 16.0. The van der Waals surface area contributed by atoms with Gasteiger partial charge in [0.15, 0.2) is 0 Å². The fraction of sp³-hybridized carbons (Fsp3) is 0.300. The molecule has 2 aromatic heterocycles. The molecule has 3 heterocycles. The molecule has 1 aliphatic heterocycles. The van der Waals surface area contributed by atoms with E-state index in [1.54, 1.807) is 24.5 Å². The molecule has 0 bridgehead atoms. The van der Waals surface area contributed by atoms with E-state index in [0.29, 0.717) is 5.52 Å². The monoisotopic (exact) mass is 382 g/mol. The molecule has 0 spiro atoms. The number of anilines is 1. The minimum atomic E-state index is -3.68. The third-order valence-corrected chi connectivity index (χ3v) is 6.24. The molecule has 1 aliphatic rings. The second-order valence-electron chi connectivity index (χ2n) is 6.88. The molecule has 1 fully saturated rings. The maximum atomic E-state index is 12.9. The summed E-state index contributed by atoms with van der Waals surface area (Å²) < 4.78 is 28.4. The zero-order chi connectivity index (χ0) is 18.9. The summed E-state index contributed by atoms with van der Waals surface area (Å²) in [5.41, 5.74) is 2.37. The van der Waals surface area contributed by atoms with Crippen LogP contribution in [0, 0.1) is 6.92 Å². The van der Waals surface area contributed by atoms with Crippen LogP contribution in [-0.4, -0.2) is 31.5 Å². The van der Waals surface area contributed by atoms with E-state index in [-0.39, 0.29) is 11.4 Å². The fourth-order valence-corrected chi connectivity index (χ4v) is 4.60. The van der Waals surface area contributed by atoms with E-state index in [1.807, 2.05) is 31.2 Å². The first kappa shape index (κ1) is 17.9. The first-order chi connectivity index (χ1) is 13.0. The Morgan fingerprint density at radius 2 is 1.93 bits per heavy atom. The molecule has 6 nitrogen and oxygen atoms in total. The predicted octanol–water partition coefficient (Wildman–Crippen LogP) is 3.02. The standard InChI is InChI=1S/C20H22N4O2S/c1-15-11-17-5-4-6-18(20(17)22-13-15)27(25,26)23-14-16-7-8-21-19(12-16)24-9-2-3-10-24/h4-8,11-13,23H,2-3,9-10,14H2,1H3. The first-order valence-electron chi connectivity index (χ1n) is 9.08. The van der Waals surface area contributed by atoms with Crippen LogP contribution in [0.15, 0.2) is 53.7 Å². The highest BCUT2D eigenvalue weighted by Crippen LogP contribution is 2.22. The van der Waals surface area contributed by atoms with Crippen LogP contribution < -0.4 is 9.62 Å². The molecule has 0 aliphatic carbocycles. The zero-order valence-electron chi connectivity index (χ0n) is 15.2. The number of fused-ring (bicyclic) bond motifs is 1. The number of nitrogens with zero attached hydrogens (tertiary/aromatic N) is 3. The van der Waals surface area contributed by atoms with Crippen LogP contribution in [0.4, 0.5) is 5.82 Å². The second kappa shape index (κ2) is 7.25. The van der Waals surface area contributed by atoms with Crippen LogP contribution in [0.25, 0.3) is 10.9 Å². The van der Waals surface area contributed by atoms with E-state index < -0.39 is 10.0 Å². The van der Waals surface area contributed by atoms with Gasteiger partial charge in [-0.2, -0.15) is 0 Å². The molecule has 0 radical (unpaired) electrons. The minimum Gasteiger partial charge on any atom is -0.357 e. The van der Waals surface area contributed by atoms with Crippen LogP contribution in [0.2, 0.25) is 0 Å². The van der Waals surface area contributed by atoms with Crippen LogP contribution in [0.1, 0.15) is 24.0 Å². The highest BCUT2D eigenvalue weighted by atomic mass is 32.2. The van der Waals surface area contributed by atoms with Gasteiger partial charge in [-0.1, -0.05) is 12.1 Å². The molecule has 1 aromatic carbocycles. The average molecular weight is 382 g/mol. The fourth-order valence-electron chi connectivity index (χ4n) is 3.41. The van der Waals surface area contributed by atoms with Crippen molar-refractivity contribution in [1.29, 1.82) is 0 Å². The van der Waals surface area contributed by atoms with Crippen molar-refractivity contribution in [2.75, 3.05) is 18.0 Å². The van der Waals surface area contributed by atoms with Gasteiger partial charge in [0.2, 0.25) is 10.0 Å². The number of benzene rings is 1. The smallest absolute Gasteiger partial charge is 0.243 e. The molecular weight excluding hydrogens is 360 g/mol. The van der Waals surface area contributed by atoms with Gasteiger partial charge in [0.1, 0.15) is 10.7 Å². The summed E-state index contributed by atoms with van der Waals surface area (Å²) in [5.74, 6) is 0.909. The minimum absolute atomic E-state index is 0.203. The number of sulfonamides is 1. The highest BCUT2D eigenvalue weighted by Gasteiger charge is 2.19. The van der Waals surface area contributed by atoms with Crippen molar-refractivity contribution < 1.29 is 8.42 Å². The van der Waals surface area contributed by atoms with E-state index in [1.165, 1.54) is 12.8 Å². The maximum Gasteiger partial charge on any atom is 0.243 e. The lowest BCUT2D eigenvalue weighted by Gasteiger charge is -2.17. The third-order valence-electron chi connectivity index (χ3n) is 4.81. The van der Waals surface area contributed by atoms with Crippen LogP contribution in [0.5, 0.6) is 0 Å². The Hall–Kier alpha value is -2.51. The number of para-hydroxylation sites is 1. The Labute approximate surface area is 159 Å². The molecule has 0 unspecified atom stereocenters. The Kier molecular flexibility index (Phi) is 4.80. The van der Waals surface area contributed by atoms with Crippen LogP contribution in [0.3, 0.4) is 0 Å². The van der Waals surface area contributed by atoms with E-state index in [0.717, 1.165) is 35.4 Å². The summed E-state index contributed by atoms with van der Waals surface area (Å²) in [4.78, 5) is 11.2. The van der Waals surface area contributed by atoms with Gasteiger partial charge in [-0.3, -0.25) is 4.98 Å². The van der Waals surface area contributed by atoms with Crippen molar-refractivity contribution >= 4 is 26.7 Å². The lowest BCUT2D eigenvalue weighted by molar-refractivity contribution is 0.582. The lowest BCUT2D eigenvalue weighted by Crippen LogP contribution is -2.24. The summed E-state index contributed by atoms with van der Waals surface area (Å²) in [5, 5.41) is 0.818. The summed E-state index contributed by atoms with van der Waals surface area (Å²) in [7, 11) is -3.68.